The number of carbonyl (C=O) groups is 1. The van der Waals surface area contributed by atoms with Crippen LogP contribution in [0.2, 0.25) is 0 Å². The van der Waals surface area contributed by atoms with Gasteiger partial charge in [-0.3, -0.25) is 9.48 Å². The topological polar surface area (TPSA) is 59.4 Å². The lowest BCUT2D eigenvalue weighted by Crippen LogP contribution is -2.43. The molecule has 0 spiro atoms. The Labute approximate surface area is 168 Å². The van der Waals surface area contributed by atoms with Crippen LogP contribution in [0.5, 0.6) is 0 Å². The molecule has 1 aromatic rings. The molecule has 2 heterocycles. The standard InChI is InChI=1S/C22H34N4O2/c1-2-11-26-20-10-9-18(23-17-7-5-3-4-6-8-17)16-19(20)21(24-26)22(27)25-12-14-28-15-13-25/h2,17-18,23H,1,3-16H2/t18-/m1/s1. The summed E-state index contributed by atoms with van der Waals surface area (Å²) in [6.45, 7) is 7.08. The molecule has 6 nitrogen and oxygen atoms in total. The second kappa shape index (κ2) is 9.23. The first-order valence-electron chi connectivity index (χ1n) is 11.1. The first-order chi connectivity index (χ1) is 13.8. The molecule has 1 aliphatic heterocycles. The van der Waals surface area contributed by atoms with Gasteiger partial charge in [0, 0.05) is 36.4 Å². The molecule has 1 atom stereocenters. The van der Waals surface area contributed by atoms with Crippen molar-refractivity contribution in [3.8, 4) is 0 Å². The number of amides is 1. The smallest absolute Gasteiger partial charge is 0.274 e. The molecule has 2 aliphatic carbocycles. The van der Waals surface area contributed by atoms with E-state index < -0.39 is 0 Å². The van der Waals surface area contributed by atoms with Crippen molar-refractivity contribution in [3.63, 3.8) is 0 Å². The third-order valence-electron chi connectivity index (χ3n) is 6.48. The predicted molar refractivity (Wildman–Crippen MR) is 110 cm³/mol. The van der Waals surface area contributed by atoms with Gasteiger partial charge in [-0.2, -0.15) is 5.10 Å². The number of ether oxygens (including phenoxy) is 1. The summed E-state index contributed by atoms with van der Waals surface area (Å²) < 4.78 is 7.41. The van der Waals surface area contributed by atoms with Gasteiger partial charge >= 0.3 is 0 Å². The number of nitrogens with zero attached hydrogens (tertiary/aromatic N) is 3. The largest absolute Gasteiger partial charge is 0.378 e. The van der Waals surface area contributed by atoms with Crippen LogP contribution < -0.4 is 5.32 Å². The fourth-order valence-electron chi connectivity index (χ4n) is 4.97. The third kappa shape index (κ3) is 4.33. The average molecular weight is 387 g/mol. The number of allylic oxidation sites excluding steroid dienone is 1. The van der Waals surface area contributed by atoms with Crippen molar-refractivity contribution < 1.29 is 9.53 Å². The number of nitrogens with one attached hydrogen (secondary N) is 1. The molecule has 0 radical (unpaired) electrons. The third-order valence-corrected chi connectivity index (χ3v) is 6.48. The van der Waals surface area contributed by atoms with Gasteiger partial charge in [-0.05, 0) is 32.1 Å². The van der Waals surface area contributed by atoms with Gasteiger partial charge in [0.25, 0.3) is 5.91 Å². The molecule has 4 rings (SSSR count). The average Bonchev–Trinajstić information content (AvgIpc) is 2.89. The molecular weight excluding hydrogens is 352 g/mol. The molecule has 154 valence electrons. The first-order valence-corrected chi connectivity index (χ1v) is 11.1. The van der Waals surface area contributed by atoms with Crippen LogP contribution in [0.4, 0.5) is 0 Å². The quantitative estimate of drug-likeness (QED) is 0.624. The molecule has 1 N–H and O–H groups in total. The lowest BCUT2D eigenvalue weighted by molar-refractivity contribution is 0.0297. The van der Waals surface area contributed by atoms with E-state index in [0.717, 1.165) is 24.8 Å². The Morgan fingerprint density at radius 2 is 1.89 bits per heavy atom. The van der Waals surface area contributed by atoms with E-state index in [1.165, 1.54) is 44.2 Å². The van der Waals surface area contributed by atoms with E-state index in [4.69, 9.17) is 9.84 Å². The zero-order chi connectivity index (χ0) is 19.3. The van der Waals surface area contributed by atoms with E-state index in [0.29, 0.717) is 50.6 Å². The van der Waals surface area contributed by atoms with E-state index in [-0.39, 0.29) is 5.91 Å². The maximum Gasteiger partial charge on any atom is 0.274 e. The molecule has 0 bridgehead atoms. The number of carbonyl (C=O) groups excluding carboxylic acids is 1. The molecule has 6 heteroatoms. The van der Waals surface area contributed by atoms with Crippen LogP contribution in [-0.4, -0.2) is 59.0 Å². The van der Waals surface area contributed by atoms with Gasteiger partial charge in [0.05, 0.1) is 19.8 Å². The molecule has 1 saturated heterocycles. The summed E-state index contributed by atoms with van der Waals surface area (Å²) in [5.41, 5.74) is 3.05. The molecule has 2 fully saturated rings. The molecule has 1 amide bonds. The Balaban J connectivity index is 1.52. The highest BCUT2D eigenvalue weighted by molar-refractivity contribution is 5.94. The highest BCUT2D eigenvalue weighted by atomic mass is 16.5. The summed E-state index contributed by atoms with van der Waals surface area (Å²) in [5, 5.41) is 8.66. The molecule has 0 unspecified atom stereocenters. The van der Waals surface area contributed by atoms with E-state index in [1.54, 1.807) is 0 Å². The number of hydrogen-bond donors (Lipinski definition) is 1. The van der Waals surface area contributed by atoms with Gasteiger partial charge in [0.15, 0.2) is 5.69 Å². The number of fused-ring (bicyclic) bond motifs is 1. The van der Waals surface area contributed by atoms with Gasteiger partial charge in [-0.15, -0.1) is 6.58 Å². The molecule has 0 aromatic carbocycles. The Morgan fingerprint density at radius 1 is 1.14 bits per heavy atom. The fraction of sp³-hybridized carbons (Fsp3) is 0.727. The minimum Gasteiger partial charge on any atom is -0.378 e. The summed E-state index contributed by atoms with van der Waals surface area (Å²) >= 11 is 0. The van der Waals surface area contributed by atoms with Crippen LogP contribution in [0.1, 0.15) is 66.7 Å². The van der Waals surface area contributed by atoms with Gasteiger partial charge < -0.3 is 15.0 Å². The van der Waals surface area contributed by atoms with E-state index >= 15 is 0 Å². The van der Waals surface area contributed by atoms with Crippen molar-refractivity contribution in [2.24, 2.45) is 0 Å². The summed E-state index contributed by atoms with van der Waals surface area (Å²) in [6, 6.07) is 1.09. The van der Waals surface area contributed by atoms with Crippen molar-refractivity contribution in [1.29, 1.82) is 0 Å². The van der Waals surface area contributed by atoms with Gasteiger partial charge in [-0.1, -0.05) is 31.8 Å². The van der Waals surface area contributed by atoms with Crippen LogP contribution in [0.25, 0.3) is 0 Å². The molecule has 1 saturated carbocycles. The number of morpholine rings is 1. The first kappa shape index (κ1) is 19.6. The zero-order valence-corrected chi connectivity index (χ0v) is 17.0. The lowest BCUT2D eigenvalue weighted by Gasteiger charge is -2.30. The molecule has 1 aromatic heterocycles. The number of hydrogen-bond acceptors (Lipinski definition) is 4. The second-order valence-electron chi connectivity index (χ2n) is 8.44. The lowest BCUT2D eigenvalue weighted by atomic mass is 9.90. The Morgan fingerprint density at radius 3 is 2.61 bits per heavy atom. The van der Waals surface area contributed by atoms with Gasteiger partial charge in [-0.25, -0.2) is 0 Å². The van der Waals surface area contributed by atoms with Crippen molar-refractivity contribution in [1.82, 2.24) is 20.0 Å². The Bertz CT molecular complexity index is 685. The highest BCUT2D eigenvalue weighted by Crippen LogP contribution is 2.28. The van der Waals surface area contributed by atoms with Crippen LogP contribution >= 0.6 is 0 Å². The van der Waals surface area contributed by atoms with Crippen LogP contribution in [0.15, 0.2) is 12.7 Å². The maximum atomic E-state index is 13.2. The second-order valence-corrected chi connectivity index (χ2v) is 8.44. The van der Waals surface area contributed by atoms with Crippen LogP contribution in [0.3, 0.4) is 0 Å². The van der Waals surface area contributed by atoms with Gasteiger partial charge in [0.2, 0.25) is 0 Å². The minimum absolute atomic E-state index is 0.0671. The van der Waals surface area contributed by atoms with Crippen LogP contribution in [-0.2, 0) is 24.1 Å². The predicted octanol–water partition coefficient (Wildman–Crippen LogP) is 2.71. The minimum atomic E-state index is 0.0671. The SMILES string of the molecule is C=CCn1nc(C(=O)N2CCOCC2)c2c1CC[C@@H](NC1CCCCCC1)C2. The summed E-state index contributed by atoms with van der Waals surface area (Å²) in [7, 11) is 0. The van der Waals surface area contributed by atoms with Gasteiger partial charge in [0.1, 0.15) is 0 Å². The van der Waals surface area contributed by atoms with Crippen molar-refractivity contribution in [2.45, 2.75) is 76.4 Å². The highest BCUT2D eigenvalue weighted by Gasteiger charge is 2.32. The van der Waals surface area contributed by atoms with E-state index in [2.05, 4.69) is 11.9 Å². The normalized spacial score (nSPS) is 23.9. The summed E-state index contributed by atoms with van der Waals surface area (Å²) in [5.74, 6) is 0.0671. The molecule has 28 heavy (non-hydrogen) atoms. The Kier molecular flexibility index (Phi) is 6.47. The Hall–Kier alpha value is -1.66. The summed E-state index contributed by atoms with van der Waals surface area (Å²) in [4.78, 5) is 15.1. The zero-order valence-electron chi connectivity index (χ0n) is 17.0. The van der Waals surface area contributed by atoms with E-state index in [9.17, 15) is 4.79 Å². The van der Waals surface area contributed by atoms with E-state index in [1.807, 2.05) is 15.7 Å². The maximum absolute atomic E-state index is 13.2. The van der Waals surface area contributed by atoms with Crippen molar-refractivity contribution >= 4 is 5.91 Å². The summed E-state index contributed by atoms with van der Waals surface area (Å²) in [6.07, 6.45) is 12.9. The monoisotopic (exact) mass is 386 g/mol. The fourth-order valence-corrected chi connectivity index (χ4v) is 4.97. The van der Waals surface area contributed by atoms with Crippen molar-refractivity contribution in [3.05, 3.63) is 29.6 Å². The van der Waals surface area contributed by atoms with Crippen molar-refractivity contribution in [2.75, 3.05) is 26.3 Å². The number of rotatable bonds is 5. The van der Waals surface area contributed by atoms with Crippen LogP contribution in [0, 0.1) is 0 Å². The molecule has 3 aliphatic rings. The molecular formula is C22H34N4O2. The number of aromatic nitrogens is 2.